The van der Waals surface area contributed by atoms with Crippen LogP contribution in [0.25, 0.3) is 0 Å². The number of unbranched alkanes of at least 4 members (excludes halogenated alkanes) is 1. The maximum Gasteiger partial charge on any atom is -0.0238 e. The normalized spacial score (nSPS) is 32.7. The maximum absolute atomic E-state index is 2.54. The van der Waals surface area contributed by atoms with Crippen molar-refractivity contribution in [1.29, 1.82) is 0 Å². The van der Waals surface area contributed by atoms with E-state index in [-0.39, 0.29) is 0 Å². The topological polar surface area (TPSA) is 0 Å². The Morgan fingerprint density at radius 2 is 1.83 bits per heavy atom. The Labute approximate surface area is 115 Å². The van der Waals surface area contributed by atoms with Gasteiger partial charge in [-0.2, -0.15) is 0 Å². The van der Waals surface area contributed by atoms with Gasteiger partial charge >= 0.3 is 0 Å². The molecule has 0 radical (unpaired) electrons. The van der Waals surface area contributed by atoms with Gasteiger partial charge in [-0.25, -0.2) is 0 Å². The predicted octanol–water partition coefficient (Wildman–Crippen LogP) is 6.06. The van der Waals surface area contributed by atoms with Crippen molar-refractivity contribution in [3.05, 3.63) is 0 Å². The lowest BCUT2D eigenvalue weighted by Crippen LogP contribution is -2.13. The monoisotopic (exact) mass is 250 g/mol. The van der Waals surface area contributed by atoms with E-state index in [1.165, 1.54) is 38.5 Å². The summed E-state index contributed by atoms with van der Waals surface area (Å²) in [6.07, 6.45) is 13.4. The van der Waals surface area contributed by atoms with E-state index in [4.69, 9.17) is 0 Å². The molecule has 0 saturated heterocycles. The first-order valence-corrected chi connectivity index (χ1v) is 8.65. The minimum Gasteiger partial charge on any atom is -0.0654 e. The summed E-state index contributed by atoms with van der Waals surface area (Å²) >= 11 is 0. The molecule has 4 unspecified atom stereocenters. The highest BCUT2D eigenvalue weighted by Gasteiger charge is 2.61. The van der Waals surface area contributed by atoms with E-state index >= 15 is 0 Å². The van der Waals surface area contributed by atoms with Crippen molar-refractivity contribution in [3.8, 4) is 0 Å². The molecule has 0 aromatic heterocycles. The molecule has 0 heteroatoms. The van der Waals surface area contributed by atoms with Crippen molar-refractivity contribution < 1.29 is 0 Å². The molecule has 0 nitrogen and oxygen atoms in total. The van der Waals surface area contributed by atoms with Crippen LogP contribution < -0.4 is 0 Å². The lowest BCUT2D eigenvalue weighted by molar-refractivity contribution is 0.272. The second-order valence-corrected chi connectivity index (χ2v) is 7.36. The van der Waals surface area contributed by atoms with Gasteiger partial charge in [-0.1, -0.05) is 66.2 Å². The van der Waals surface area contributed by atoms with Crippen LogP contribution in [-0.2, 0) is 0 Å². The van der Waals surface area contributed by atoms with Crippen LogP contribution in [0.1, 0.15) is 85.5 Å². The van der Waals surface area contributed by atoms with Gasteiger partial charge < -0.3 is 0 Å². The summed E-state index contributed by atoms with van der Waals surface area (Å²) in [7, 11) is 0. The molecule has 106 valence electrons. The van der Waals surface area contributed by atoms with Crippen LogP contribution in [-0.4, -0.2) is 0 Å². The quantitative estimate of drug-likeness (QED) is 0.515. The van der Waals surface area contributed by atoms with Crippen LogP contribution in [0.4, 0.5) is 0 Å². The minimum atomic E-state index is 0.831. The van der Waals surface area contributed by atoms with Gasteiger partial charge in [0.15, 0.2) is 0 Å². The zero-order valence-electron chi connectivity index (χ0n) is 13.2. The smallest absolute Gasteiger partial charge is 0.0238 e. The van der Waals surface area contributed by atoms with Crippen molar-refractivity contribution in [1.82, 2.24) is 0 Å². The van der Waals surface area contributed by atoms with Gasteiger partial charge in [0.1, 0.15) is 0 Å². The average Bonchev–Trinajstić information content (AvgIpc) is 2.77. The van der Waals surface area contributed by atoms with Gasteiger partial charge in [0.25, 0.3) is 0 Å². The second-order valence-electron chi connectivity index (χ2n) is 7.36. The molecule has 2 aliphatic rings. The summed E-state index contributed by atoms with van der Waals surface area (Å²) in [5.41, 5.74) is 0.831. The average molecular weight is 250 g/mol. The van der Waals surface area contributed by atoms with Crippen molar-refractivity contribution in [2.45, 2.75) is 85.5 Å². The third-order valence-corrected chi connectivity index (χ3v) is 6.57. The lowest BCUT2D eigenvalue weighted by Gasteiger charge is -2.23. The van der Waals surface area contributed by atoms with Gasteiger partial charge in [0, 0.05) is 0 Å². The lowest BCUT2D eigenvalue weighted by atomic mass is 9.82. The third-order valence-electron chi connectivity index (χ3n) is 6.57. The van der Waals surface area contributed by atoms with Gasteiger partial charge in [-0.3, -0.25) is 0 Å². The molecule has 0 N–H and O–H groups in total. The minimum absolute atomic E-state index is 0.831. The number of hydrogen-bond donors (Lipinski definition) is 0. The van der Waals surface area contributed by atoms with Crippen molar-refractivity contribution in [2.24, 2.45) is 29.1 Å². The Hall–Kier alpha value is 0. The van der Waals surface area contributed by atoms with Gasteiger partial charge in [-0.15, -0.1) is 0 Å². The molecule has 2 fully saturated rings. The van der Waals surface area contributed by atoms with Crippen LogP contribution in [0.15, 0.2) is 0 Å². The molecule has 18 heavy (non-hydrogen) atoms. The van der Waals surface area contributed by atoms with E-state index in [0.717, 1.165) is 29.1 Å². The van der Waals surface area contributed by atoms with Crippen LogP contribution in [0.2, 0.25) is 0 Å². The number of rotatable bonds is 7. The molecule has 0 heterocycles. The molecule has 2 rings (SSSR count). The highest BCUT2D eigenvalue weighted by molar-refractivity contribution is 5.10. The van der Waals surface area contributed by atoms with E-state index in [2.05, 4.69) is 27.7 Å². The Morgan fingerprint density at radius 3 is 2.39 bits per heavy atom. The van der Waals surface area contributed by atoms with Crippen molar-refractivity contribution >= 4 is 0 Å². The Kier molecular flexibility index (Phi) is 4.78. The standard InChI is InChI=1S/C18H34/c1-5-7-10-14(3)16(6-2)13-17-15(4)18(17)11-8-9-12-18/h14-17H,5-13H2,1-4H3. The Morgan fingerprint density at radius 1 is 1.17 bits per heavy atom. The highest BCUT2D eigenvalue weighted by Crippen LogP contribution is 2.69. The van der Waals surface area contributed by atoms with E-state index in [9.17, 15) is 0 Å². The Bertz CT molecular complexity index is 249. The fraction of sp³-hybridized carbons (Fsp3) is 1.00. The highest BCUT2D eigenvalue weighted by atomic mass is 14.7. The van der Waals surface area contributed by atoms with Crippen LogP contribution in [0, 0.1) is 29.1 Å². The molecule has 0 aliphatic heterocycles. The van der Waals surface area contributed by atoms with Gasteiger partial charge in [-0.05, 0) is 48.3 Å². The van der Waals surface area contributed by atoms with E-state index in [1.54, 1.807) is 19.3 Å². The van der Waals surface area contributed by atoms with Crippen LogP contribution >= 0.6 is 0 Å². The third kappa shape index (κ3) is 2.63. The fourth-order valence-electron chi connectivity index (χ4n) is 4.99. The zero-order valence-corrected chi connectivity index (χ0v) is 13.2. The predicted molar refractivity (Wildman–Crippen MR) is 80.6 cm³/mol. The largest absolute Gasteiger partial charge is 0.0654 e. The first-order valence-electron chi connectivity index (χ1n) is 8.65. The molecule has 0 aromatic rings. The molecule has 2 aliphatic carbocycles. The zero-order chi connectivity index (χ0) is 13.2. The molecule has 0 bridgehead atoms. The van der Waals surface area contributed by atoms with Crippen LogP contribution in [0.5, 0.6) is 0 Å². The molecular formula is C18H34. The second kappa shape index (κ2) is 5.97. The molecule has 0 amide bonds. The van der Waals surface area contributed by atoms with Crippen molar-refractivity contribution in [2.75, 3.05) is 0 Å². The van der Waals surface area contributed by atoms with Crippen molar-refractivity contribution in [3.63, 3.8) is 0 Å². The molecule has 0 aromatic carbocycles. The van der Waals surface area contributed by atoms with Gasteiger partial charge in [0.05, 0.1) is 0 Å². The molecule has 4 atom stereocenters. The first-order chi connectivity index (χ1) is 8.65. The SMILES string of the molecule is CCCCC(C)C(CC)CC1C(C)C12CCCC2. The summed E-state index contributed by atoms with van der Waals surface area (Å²) in [4.78, 5) is 0. The van der Waals surface area contributed by atoms with E-state index in [0.29, 0.717) is 0 Å². The number of hydrogen-bond acceptors (Lipinski definition) is 0. The molecule has 1 spiro atoms. The van der Waals surface area contributed by atoms with E-state index in [1.807, 2.05) is 0 Å². The maximum atomic E-state index is 2.54. The van der Waals surface area contributed by atoms with E-state index < -0.39 is 0 Å². The van der Waals surface area contributed by atoms with Crippen LogP contribution in [0.3, 0.4) is 0 Å². The molecule has 2 saturated carbocycles. The fourth-order valence-corrected chi connectivity index (χ4v) is 4.99. The summed E-state index contributed by atoms with van der Waals surface area (Å²) < 4.78 is 0. The Balaban J connectivity index is 1.84. The summed E-state index contributed by atoms with van der Waals surface area (Å²) in [5, 5.41) is 0. The summed E-state index contributed by atoms with van der Waals surface area (Å²) in [6.45, 7) is 9.79. The first kappa shape index (κ1) is 14.4. The summed E-state index contributed by atoms with van der Waals surface area (Å²) in [5.74, 6) is 4.10. The molecular weight excluding hydrogens is 216 g/mol. The van der Waals surface area contributed by atoms with Gasteiger partial charge in [0.2, 0.25) is 0 Å². The summed E-state index contributed by atoms with van der Waals surface area (Å²) in [6, 6.07) is 0.